The van der Waals surface area contributed by atoms with Crippen LogP contribution >= 0.6 is 12.0 Å². The highest BCUT2D eigenvalue weighted by Gasteiger charge is 2.48. The van der Waals surface area contributed by atoms with E-state index < -0.39 is 0 Å². The molecule has 0 aromatic heterocycles. The van der Waals surface area contributed by atoms with E-state index in [1.807, 2.05) is 12.2 Å². The number of hydrogen-bond acceptors (Lipinski definition) is 5. The molecule has 2 unspecified atom stereocenters. The first-order chi connectivity index (χ1) is 8.67. The van der Waals surface area contributed by atoms with E-state index in [2.05, 4.69) is 4.74 Å². The quantitative estimate of drug-likeness (QED) is 0.325. The smallest absolute Gasteiger partial charge is 0.237 e. The highest BCUT2D eigenvalue weighted by atomic mass is 32.2. The Morgan fingerprint density at radius 1 is 1.17 bits per heavy atom. The van der Waals surface area contributed by atoms with Crippen LogP contribution in [0.5, 0.6) is 0 Å². The summed E-state index contributed by atoms with van der Waals surface area (Å²) in [6.45, 7) is 0.517. The summed E-state index contributed by atoms with van der Waals surface area (Å²) < 4.78 is 9.08. The van der Waals surface area contributed by atoms with E-state index in [1.54, 1.807) is 21.3 Å². The molecule has 18 heavy (non-hydrogen) atoms. The van der Waals surface area contributed by atoms with Gasteiger partial charge in [-0.25, -0.2) is 0 Å². The van der Waals surface area contributed by atoms with E-state index in [4.69, 9.17) is 4.18 Å². The molecule has 2 aliphatic rings. The van der Waals surface area contributed by atoms with Gasteiger partial charge in [-0.2, -0.15) is 0 Å². The SMILES string of the molecule is COC.COSCCCN1C(=O)C2C=CC2C1=O. The molecule has 0 bridgehead atoms. The van der Waals surface area contributed by atoms with Crippen LogP contribution in [0.15, 0.2) is 12.2 Å². The highest BCUT2D eigenvalue weighted by Crippen LogP contribution is 2.35. The summed E-state index contributed by atoms with van der Waals surface area (Å²) in [7, 11) is 4.86. The summed E-state index contributed by atoms with van der Waals surface area (Å²) >= 11 is 1.35. The van der Waals surface area contributed by atoms with Crippen molar-refractivity contribution in [3.8, 4) is 0 Å². The number of amides is 2. The number of methoxy groups -OCH3 is 1. The highest BCUT2D eigenvalue weighted by molar-refractivity contribution is 7.94. The monoisotopic (exact) mass is 273 g/mol. The minimum atomic E-state index is -0.160. The van der Waals surface area contributed by atoms with Gasteiger partial charge in [0.15, 0.2) is 0 Å². The van der Waals surface area contributed by atoms with Gasteiger partial charge in [-0.3, -0.25) is 14.5 Å². The zero-order valence-electron chi connectivity index (χ0n) is 10.9. The molecular formula is C12H19NO4S. The van der Waals surface area contributed by atoms with E-state index in [-0.39, 0.29) is 23.7 Å². The third-order valence-electron chi connectivity index (χ3n) is 2.74. The van der Waals surface area contributed by atoms with Crippen molar-refractivity contribution in [3.05, 3.63) is 12.2 Å². The second kappa shape index (κ2) is 7.56. The number of carbonyl (C=O) groups is 2. The van der Waals surface area contributed by atoms with Gasteiger partial charge in [0.2, 0.25) is 11.8 Å². The topological polar surface area (TPSA) is 55.8 Å². The van der Waals surface area contributed by atoms with Gasteiger partial charge in [-0.15, -0.1) is 0 Å². The Labute approximate surface area is 112 Å². The zero-order chi connectivity index (χ0) is 13.5. The molecule has 0 saturated carbocycles. The van der Waals surface area contributed by atoms with Crippen molar-refractivity contribution in [2.45, 2.75) is 6.42 Å². The van der Waals surface area contributed by atoms with Crippen LogP contribution in [-0.4, -0.2) is 50.3 Å². The van der Waals surface area contributed by atoms with Gasteiger partial charge in [0.1, 0.15) is 0 Å². The second-order valence-corrected chi connectivity index (χ2v) is 4.99. The second-order valence-electron chi connectivity index (χ2n) is 4.02. The fraction of sp³-hybridized carbons (Fsp3) is 0.667. The van der Waals surface area contributed by atoms with Crippen molar-refractivity contribution in [1.82, 2.24) is 4.90 Å². The Kier molecular flexibility index (Phi) is 6.38. The lowest BCUT2D eigenvalue weighted by molar-refractivity contribution is -0.139. The molecule has 2 atom stereocenters. The van der Waals surface area contributed by atoms with Gasteiger partial charge >= 0.3 is 0 Å². The molecule has 0 aromatic carbocycles. The normalized spacial score (nSPS) is 24.5. The number of carbonyl (C=O) groups excluding carboxylic acids is 2. The van der Waals surface area contributed by atoms with E-state index in [0.29, 0.717) is 6.54 Å². The fourth-order valence-corrected chi connectivity index (χ4v) is 2.27. The molecule has 1 aliphatic carbocycles. The largest absolute Gasteiger partial charge is 0.388 e. The van der Waals surface area contributed by atoms with Gasteiger partial charge in [-0.05, 0) is 18.5 Å². The van der Waals surface area contributed by atoms with Crippen molar-refractivity contribution >= 4 is 23.9 Å². The van der Waals surface area contributed by atoms with Gasteiger partial charge in [-0.1, -0.05) is 12.2 Å². The first kappa shape index (κ1) is 15.2. The molecule has 0 spiro atoms. The van der Waals surface area contributed by atoms with Crippen LogP contribution in [-0.2, 0) is 18.5 Å². The van der Waals surface area contributed by atoms with Crippen molar-refractivity contribution in [2.24, 2.45) is 11.8 Å². The van der Waals surface area contributed by atoms with Crippen molar-refractivity contribution in [1.29, 1.82) is 0 Å². The molecule has 1 aliphatic heterocycles. The lowest BCUT2D eigenvalue weighted by Gasteiger charge is -2.14. The van der Waals surface area contributed by atoms with Crippen LogP contribution in [0.2, 0.25) is 0 Å². The maximum Gasteiger partial charge on any atom is 0.237 e. The average molecular weight is 273 g/mol. The zero-order valence-corrected chi connectivity index (χ0v) is 11.7. The van der Waals surface area contributed by atoms with E-state index >= 15 is 0 Å². The first-order valence-electron chi connectivity index (χ1n) is 5.76. The summed E-state index contributed by atoms with van der Waals surface area (Å²) in [5.41, 5.74) is 0. The summed E-state index contributed by atoms with van der Waals surface area (Å²) in [4.78, 5) is 24.7. The number of hydrogen-bond donors (Lipinski definition) is 0. The maximum atomic E-state index is 11.7. The number of nitrogens with zero attached hydrogens (tertiary/aromatic N) is 1. The summed E-state index contributed by atoms with van der Waals surface area (Å²) in [5, 5.41) is 0. The van der Waals surface area contributed by atoms with Crippen molar-refractivity contribution in [3.63, 3.8) is 0 Å². The van der Waals surface area contributed by atoms with E-state index in [0.717, 1.165) is 12.2 Å². The molecule has 2 amide bonds. The third-order valence-corrected chi connectivity index (χ3v) is 3.43. The van der Waals surface area contributed by atoms with Crippen LogP contribution in [0, 0.1) is 11.8 Å². The minimum absolute atomic E-state index is 0.0325. The van der Waals surface area contributed by atoms with Gasteiger partial charge in [0.25, 0.3) is 0 Å². The number of rotatable bonds is 5. The summed E-state index contributed by atoms with van der Waals surface area (Å²) in [6.07, 6.45) is 4.42. The van der Waals surface area contributed by atoms with Crippen molar-refractivity contribution < 1.29 is 18.5 Å². The Hall–Kier alpha value is -0.850. The van der Waals surface area contributed by atoms with Crippen LogP contribution in [0.4, 0.5) is 0 Å². The summed E-state index contributed by atoms with van der Waals surface area (Å²) in [5.74, 6) is 0.418. The standard InChI is InChI=1S/C10H13NO3S.C2H6O/c1-14-15-6-2-5-11-9(12)7-3-4-8(7)10(11)13;1-3-2/h3-4,7-8H,2,5-6H2,1H3;1-2H3. The number of imide groups is 1. The average Bonchev–Trinajstić information content (AvgIpc) is 2.42. The molecule has 1 heterocycles. The van der Waals surface area contributed by atoms with Crippen LogP contribution < -0.4 is 0 Å². The molecule has 0 aromatic rings. The predicted molar refractivity (Wildman–Crippen MR) is 69.9 cm³/mol. The molecule has 2 rings (SSSR count). The Morgan fingerprint density at radius 2 is 1.67 bits per heavy atom. The third kappa shape index (κ3) is 3.34. The lowest BCUT2D eigenvalue weighted by atomic mass is 9.85. The van der Waals surface area contributed by atoms with Crippen LogP contribution in [0.3, 0.4) is 0 Å². The molecule has 0 N–H and O–H groups in total. The molecule has 0 radical (unpaired) electrons. The number of likely N-dealkylation sites (tertiary alicyclic amines) is 1. The van der Waals surface area contributed by atoms with Gasteiger partial charge in [0, 0.05) is 26.5 Å². The van der Waals surface area contributed by atoms with Crippen molar-refractivity contribution in [2.75, 3.05) is 33.6 Å². The van der Waals surface area contributed by atoms with Crippen LogP contribution in [0.1, 0.15) is 6.42 Å². The predicted octanol–water partition coefficient (Wildman–Crippen LogP) is 1.10. The Balaban J connectivity index is 0.000000492. The first-order valence-corrected chi connectivity index (χ1v) is 6.67. The minimum Gasteiger partial charge on any atom is -0.388 e. The van der Waals surface area contributed by atoms with Gasteiger partial charge < -0.3 is 8.92 Å². The lowest BCUT2D eigenvalue weighted by Crippen LogP contribution is -2.31. The maximum absolute atomic E-state index is 11.7. The van der Waals surface area contributed by atoms with Crippen LogP contribution in [0.25, 0.3) is 0 Å². The molecule has 1 fully saturated rings. The fourth-order valence-electron chi connectivity index (χ4n) is 1.86. The van der Waals surface area contributed by atoms with E-state index in [1.165, 1.54) is 16.9 Å². The molecule has 5 nitrogen and oxygen atoms in total. The summed E-state index contributed by atoms with van der Waals surface area (Å²) in [6, 6.07) is 0. The molecule has 102 valence electrons. The molecular weight excluding hydrogens is 254 g/mol. The Morgan fingerprint density at radius 3 is 2.06 bits per heavy atom. The Bertz CT molecular complexity index is 308. The van der Waals surface area contributed by atoms with Gasteiger partial charge in [0.05, 0.1) is 18.9 Å². The number of fused-ring (bicyclic) bond motifs is 1. The molecule has 1 saturated heterocycles. The van der Waals surface area contributed by atoms with E-state index in [9.17, 15) is 9.59 Å². The number of ether oxygens (including phenoxy) is 1. The molecule has 6 heteroatoms.